The summed E-state index contributed by atoms with van der Waals surface area (Å²) in [6.45, 7) is 0. The van der Waals surface area contributed by atoms with Crippen LogP contribution in [-0.2, 0) is 0 Å². The molecule has 0 bridgehead atoms. The second-order valence-corrected chi connectivity index (χ2v) is 4.41. The van der Waals surface area contributed by atoms with Crippen molar-refractivity contribution in [2.75, 3.05) is 7.11 Å². The predicted molar refractivity (Wildman–Crippen MR) is 82.8 cm³/mol. The molecule has 0 aliphatic carbocycles. The van der Waals surface area contributed by atoms with Crippen molar-refractivity contribution in [1.82, 2.24) is 5.43 Å². The van der Waals surface area contributed by atoms with E-state index in [0.29, 0.717) is 5.56 Å². The molecule has 0 aromatic heterocycles. The lowest BCUT2D eigenvalue weighted by atomic mass is 10.2. The van der Waals surface area contributed by atoms with Gasteiger partial charge in [0.2, 0.25) is 0 Å². The van der Waals surface area contributed by atoms with Crippen molar-refractivity contribution in [1.29, 1.82) is 0 Å². The molecule has 0 aliphatic heterocycles. The van der Waals surface area contributed by atoms with E-state index in [1.807, 2.05) is 0 Å². The van der Waals surface area contributed by atoms with Crippen LogP contribution in [0.1, 0.15) is 15.9 Å². The SMILES string of the molecule is COc1cc([N+](=O)[O-])cc(/C=N/NC(=O)c2ccccc2)c1O. The molecule has 0 saturated heterocycles. The highest BCUT2D eigenvalue weighted by atomic mass is 16.6. The molecule has 0 spiro atoms. The molecule has 1 amide bonds. The lowest BCUT2D eigenvalue weighted by Gasteiger charge is -2.06. The number of hydrogen-bond donors (Lipinski definition) is 2. The Hall–Kier alpha value is -3.42. The van der Waals surface area contributed by atoms with E-state index in [0.717, 1.165) is 18.3 Å². The number of nitrogens with zero attached hydrogens (tertiary/aromatic N) is 2. The highest BCUT2D eigenvalue weighted by molar-refractivity contribution is 5.95. The van der Waals surface area contributed by atoms with Gasteiger partial charge in [-0.3, -0.25) is 14.9 Å². The molecule has 0 saturated carbocycles. The molecule has 0 aliphatic rings. The Morgan fingerprint density at radius 3 is 2.65 bits per heavy atom. The normalized spacial score (nSPS) is 10.5. The molecule has 8 nitrogen and oxygen atoms in total. The number of carbonyl (C=O) groups excluding carboxylic acids is 1. The van der Waals surface area contributed by atoms with E-state index in [9.17, 15) is 20.0 Å². The third-order valence-corrected chi connectivity index (χ3v) is 2.93. The average molecular weight is 315 g/mol. The number of methoxy groups -OCH3 is 1. The van der Waals surface area contributed by atoms with Crippen LogP contribution in [0.25, 0.3) is 0 Å². The molecule has 0 atom stereocenters. The fraction of sp³-hybridized carbons (Fsp3) is 0.0667. The van der Waals surface area contributed by atoms with Gasteiger partial charge in [0.25, 0.3) is 11.6 Å². The smallest absolute Gasteiger partial charge is 0.274 e. The molecule has 2 N–H and O–H groups in total. The highest BCUT2D eigenvalue weighted by Gasteiger charge is 2.15. The van der Waals surface area contributed by atoms with Crippen molar-refractivity contribution in [3.8, 4) is 11.5 Å². The minimum Gasteiger partial charge on any atom is -0.504 e. The quantitative estimate of drug-likeness (QED) is 0.498. The molecule has 118 valence electrons. The second-order valence-electron chi connectivity index (χ2n) is 4.41. The van der Waals surface area contributed by atoms with Gasteiger partial charge < -0.3 is 9.84 Å². The third-order valence-electron chi connectivity index (χ3n) is 2.93. The van der Waals surface area contributed by atoms with Gasteiger partial charge in [-0.25, -0.2) is 5.43 Å². The number of carbonyl (C=O) groups is 1. The fourth-order valence-electron chi connectivity index (χ4n) is 1.79. The van der Waals surface area contributed by atoms with Gasteiger partial charge in [0, 0.05) is 17.2 Å². The molecule has 0 radical (unpaired) electrons. The summed E-state index contributed by atoms with van der Waals surface area (Å²) in [5.41, 5.74) is 2.46. The lowest BCUT2D eigenvalue weighted by molar-refractivity contribution is -0.385. The Kier molecular flexibility index (Phi) is 4.88. The Balaban J connectivity index is 2.20. The van der Waals surface area contributed by atoms with E-state index in [-0.39, 0.29) is 22.7 Å². The maximum absolute atomic E-state index is 11.8. The summed E-state index contributed by atoms with van der Waals surface area (Å²) in [4.78, 5) is 22.0. The van der Waals surface area contributed by atoms with Crippen LogP contribution in [0, 0.1) is 10.1 Å². The van der Waals surface area contributed by atoms with Crippen molar-refractivity contribution in [2.24, 2.45) is 5.10 Å². The summed E-state index contributed by atoms with van der Waals surface area (Å²) in [5, 5.41) is 24.5. The fourth-order valence-corrected chi connectivity index (χ4v) is 1.79. The van der Waals surface area contributed by atoms with Gasteiger partial charge in [0.05, 0.1) is 24.3 Å². The number of non-ortho nitro benzene ring substituents is 1. The number of aromatic hydroxyl groups is 1. The third kappa shape index (κ3) is 3.82. The van der Waals surface area contributed by atoms with Gasteiger partial charge in [0.15, 0.2) is 11.5 Å². The number of amides is 1. The molecule has 0 unspecified atom stereocenters. The summed E-state index contributed by atoms with van der Waals surface area (Å²) < 4.78 is 4.87. The number of phenolic OH excluding ortho intramolecular Hbond substituents is 1. The monoisotopic (exact) mass is 315 g/mol. The maximum atomic E-state index is 11.8. The van der Waals surface area contributed by atoms with Crippen LogP contribution in [0.2, 0.25) is 0 Å². The summed E-state index contributed by atoms with van der Waals surface area (Å²) in [5.74, 6) is -0.815. The molecule has 2 rings (SSSR count). The zero-order valence-electron chi connectivity index (χ0n) is 12.1. The standard InChI is InChI=1S/C15H13N3O5/c1-23-13-8-12(18(21)22)7-11(14(13)19)9-16-17-15(20)10-5-3-2-4-6-10/h2-9,19H,1H3,(H,17,20)/b16-9+. The van der Waals surface area contributed by atoms with Gasteiger partial charge in [-0.05, 0) is 12.1 Å². The maximum Gasteiger partial charge on any atom is 0.274 e. The van der Waals surface area contributed by atoms with Gasteiger partial charge in [-0.1, -0.05) is 18.2 Å². The molecule has 0 fully saturated rings. The second kappa shape index (κ2) is 7.03. The molecule has 0 heterocycles. The van der Waals surface area contributed by atoms with Crippen LogP contribution in [-0.4, -0.2) is 29.3 Å². The molecule has 2 aromatic carbocycles. The molecule has 8 heteroatoms. The Labute approximate surface area is 131 Å². The first-order valence-corrected chi connectivity index (χ1v) is 6.46. The van der Waals surface area contributed by atoms with E-state index in [1.54, 1.807) is 30.3 Å². The first-order chi connectivity index (χ1) is 11.0. The number of nitrogens with one attached hydrogen (secondary N) is 1. The van der Waals surface area contributed by atoms with E-state index < -0.39 is 10.8 Å². The summed E-state index contributed by atoms with van der Waals surface area (Å²) in [6.07, 6.45) is 1.10. The van der Waals surface area contributed by atoms with E-state index >= 15 is 0 Å². The minimum absolute atomic E-state index is 0.0458. The number of ether oxygens (including phenoxy) is 1. The van der Waals surface area contributed by atoms with Crippen LogP contribution in [0.4, 0.5) is 5.69 Å². The lowest BCUT2D eigenvalue weighted by Crippen LogP contribution is -2.17. The number of nitro benzene ring substituents is 1. The topological polar surface area (TPSA) is 114 Å². The Morgan fingerprint density at radius 1 is 1.35 bits per heavy atom. The van der Waals surface area contributed by atoms with Crippen LogP contribution >= 0.6 is 0 Å². The van der Waals surface area contributed by atoms with Crippen molar-refractivity contribution in [2.45, 2.75) is 0 Å². The zero-order chi connectivity index (χ0) is 16.8. The van der Waals surface area contributed by atoms with Gasteiger partial charge in [0.1, 0.15) is 0 Å². The molecular weight excluding hydrogens is 302 g/mol. The number of benzene rings is 2. The minimum atomic E-state index is -0.623. The zero-order valence-corrected chi connectivity index (χ0v) is 12.1. The van der Waals surface area contributed by atoms with E-state index in [1.165, 1.54) is 7.11 Å². The number of hydrogen-bond acceptors (Lipinski definition) is 6. The van der Waals surface area contributed by atoms with Gasteiger partial charge in [-0.15, -0.1) is 0 Å². The average Bonchev–Trinajstić information content (AvgIpc) is 2.56. The van der Waals surface area contributed by atoms with Crippen LogP contribution in [0.3, 0.4) is 0 Å². The first-order valence-electron chi connectivity index (χ1n) is 6.46. The largest absolute Gasteiger partial charge is 0.504 e. The Bertz CT molecular complexity index is 759. The Morgan fingerprint density at radius 2 is 2.04 bits per heavy atom. The predicted octanol–water partition coefficient (Wildman–Crippen LogP) is 2.07. The van der Waals surface area contributed by atoms with Crippen molar-refractivity contribution in [3.05, 3.63) is 63.7 Å². The highest BCUT2D eigenvalue weighted by Crippen LogP contribution is 2.33. The summed E-state index contributed by atoms with van der Waals surface area (Å²) in [7, 11) is 1.27. The number of phenols is 1. The molecule has 23 heavy (non-hydrogen) atoms. The van der Waals surface area contributed by atoms with Gasteiger partial charge in [-0.2, -0.15) is 5.10 Å². The van der Waals surface area contributed by atoms with E-state index in [4.69, 9.17) is 4.74 Å². The first kappa shape index (κ1) is 16.0. The van der Waals surface area contributed by atoms with E-state index in [2.05, 4.69) is 10.5 Å². The number of rotatable bonds is 5. The molecular formula is C15H13N3O5. The summed E-state index contributed by atoms with van der Waals surface area (Å²) >= 11 is 0. The van der Waals surface area contributed by atoms with Crippen molar-refractivity contribution in [3.63, 3.8) is 0 Å². The number of nitro groups is 1. The van der Waals surface area contributed by atoms with Crippen LogP contribution < -0.4 is 10.2 Å². The molecule has 2 aromatic rings. The summed E-state index contributed by atoms with van der Waals surface area (Å²) in [6, 6.07) is 10.6. The van der Waals surface area contributed by atoms with Crippen LogP contribution in [0.5, 0.6) is 11.5 Å². The van der Waals surface area contributed by atoms with Crippen molar-refractivity contribution >= 4 is 17.8 Å². The number of hydrazone groups is 1. The van der Waals surface area contributed by atoms with Crippen LogP contribution in [0.15, 0.2) is 47.6 Å². The van der Waals surface area contributed by atoms with Gasteiger partial charge >= 0.3 is 0 Å². The van der Waals surface area contributed by atoms with Crippen molar-refractivity contribution < 1.29 is 19.6 Å².